The lowest BCUT2D eigenvalue weighted by atomic mass is 9.91. The molecule has 0 saturated carbocycles. The molecule has 1 heterocycles. The van der Waals surface area contributed by atoms with E-state index in [9.17, 15) is 4.79 Å². The molecule has 0 atom stereocenters. The molecule has 3 rings (SSSR count). The maximum atomic E-state index is 12.0. The fourth-order valence-corrected chi connectivity index (χ4v) is 4.38. The number of fused-ring (bicyclic) bond motifs is 3. The SMILES string of the molecule is O=c1oc2cc([S+]=P(O)(O)O)ccc2c2c1CCCC2. The zero-order chi connectivity index (χ0) is 14.3. The molecular weight excluding hydrogens is 299 g/mol. The Hall–Kier alpha value is -1.04. The van der Waals surface area contributed by atoms with Gasteiger partial charge in [0.15, 0.2) is 0 Å². The molecule has 0 spiro atoms. The first kappa shape index (κ1) is 13.9. The van der Waals surface area contributed by atoms with E-state index in [0.29, 0.717) is 21.4 Å². The van der Waals surface area contributed by atoms with Crippen molar-refractivity contribution in [2.45, 2.75) is 30.6 Å². The second-order valence-corrected chi connectivity index (χ2v) is 8.51. The fraction of sp³-hybridized carbons (Fsp3) is 0.308. The van der Waals surface area contributed by atoms with Crippen molar-refractivity contribution in [1.82, 2.24) is 0 Å². The highest BCUT2D eigenvalue weighted by molar-refractivity contribution is 8.16. The van der Waals surface area contributed by atoms with Crippen LogP contribution in [0, 0.1) is 0 Å². The van der Waals surface area contributed by atoms with E-state index in [1.54, 1.807) is 18.2 Å². The van der Waals surface area contributed by atoms with Gasteiger partial charge in [0.05, 0.1) is 0 Å². The number of aryl methyl sites for hydroxylation is 1. The van der Waals surface area contributed by atoms with Gasteiger partial charge in [-0.3, -0.25) is 14.7 Å². The predicted molar refractivity (Wildman–Crippen MR) is 78.3 cm³/mol. The molecule has 7 heteroatoms. The molecule has 0 saturated heterocycles. The molecular formula is C13H14O5PS+. The fourth-order valence-electron chi connectivity index (χ4n) is 2.62. The number of rotatable bonds is 1. The Morgan fingerprint density at radius 3 is 2.50 bits per heavy atom. The maximum Gasteiger partial charge on any atom is 0.521 e. The summed E-state index contributed by atoms with van der Waals surface area (Å²) in [6.45, 7) is -3.95. The molecule has 106 valence electrons. The normalized spacial score (nSPS) is 15.2. The van der Waals surface area contributed by atoms with E-state index in [-0.39, 0.29) is 5.63 Å². The van der Waals surface area contributed by atoms with Gasteiger partial charge in [-0.2, -0.15) is 0 Å². The number of benzene rings is 1. The second kappa shape index (κ2) is 5.06. The van der Waals surface area contributed by atoms with Crippen LogP contribution in [0.3, 0.4) is 0 Å². The predicted octanol–water partition coefficient (Wildman–Crippen LogP) is 1.77. The Morgan fingerprint density at radius 1 is 1.10 bits per heavy atom. The van der Waals surface area contributed by atoms with Crippen LogP contribution in [0.4, 0.5) is 0 Å². The number of hydrogen-bond donors (Lipinski definition) is 3. The van der Waals surface area contributed by atoms with E-state index >= 15 is 0 Å². The van der Waals surface area contributed by atoms with Gasteiger partial charge < -0.3 is 4.42 Å². The van der Waals surface area contributed by atoms with Gasteiger partial charge in [0.1, 0.15) is 5.58 Å². The van der Waals surface area contributed by atoms with E-state index in [4.69, 9.17) is 19.1 Å². The molecule has 0 radical (unpaired) electrons. The Morgan fingerprint density at radius 2 is 1.80 bits per heavy atom. The molecule has 0 fully saturated rings. The Kier molecular flexibility index (Phi) is 3.52. The third-order valence-corrected chi connectivity index (χ3v) is 5.50. The van der Waals surface area contributed by atoms with Gasteiger partial charge >= 0.3 is 12.3 Å². The van der Waals surface area contributed by atoms with Crippen molar-refractivity contribution >= 4 is 28.6 Å². The van der Waals surface area contributed by atoms with E-state index in [1.165, 1.54) is 0 Å². The minimum atomic E-state index is -3.95. The topological polar surface area (TPSA) is 90.9 Å². The molecule has 3 N–H and O–H groups in total. The van der Waals surface area contributed by atoms with Crippen molar-refractivity contribution in [2.24, 2.45) is 0 Å². The van der Waals surface area contributed by atoms with Crippen LogP contribution < -0.4 is 5.63 Å². The Labute approximate surface area is 118 Å². The summed E-state index contributed by atoms with van der Waals surface area (Å²) < 4.78 is 5.31. The van der Waals surface area contributed by atoms with E-state index in [1.807, 2.05) is 0 Å². The Balaban J connectivity index is 2.25. The Bertz CT molecular complexity index is 781. The molecule has 1 aliphatic rings. The van der Waals surface area contributed by atoms with Crippen LogP contribution in [0.5, 0.6) is 0 Å². The van der Waals surface area contributed by atoms with Crippen molar-refractivity contribution in [3.05, 3.63) is 39.7 Å². The largest absolute Gasteiger partial charge is 0.521 e. The average molecular weight is 313 g/mol. The second-order valence-electron chi connectivity index (χ2n) is 4.82. The maximum absolute atomic E-state index is 12.0. The lowest BCUT2D eigenvalue weighted by molar-refractivity contribution is 0.363. The third kappa shape index (κ3) is 2.71. The van der Waals surface area contributed by atoms with Crippen LogP contribution in [0.1, 0.15) is 24.0 Å². The summed E-state index contributed by atoms with van der Waals surface area (Å²) in [5, 5.41) is 0.890. The van der Waals surface area contributed by atoms with Gasteiger partial charge in [0, 0.05) is 23.1 Å². The highest BCUT2D eigenvalue weighted by atomic mass is 32.5. The highest BCUT2D eigenvalue weighted by Crippen LogP contribution is 2.34. The monoisotopic (exact) mass is 313 g/mol. The van der Waals surface area contributed by atoms with Gasteiger partial charge in [0.25, 0.3) is 10.9 Å². The van der Waals surface area contributed by atoms with Gasteiger partial charge in [-0.05, 0) is 37.3 Å². The third-order valence-electron chi connectivity index (χ3n) is 3.42. The molecule has 0 unspecified atom stereocenters. The van der Waals surface area contributed by atoms with Crippen molar-refractivity contribution < 1.29 is 19.1 Å². The quantitative estimate of drug-likeness (QED) is 0.424. The van der Waals surface area contributed by atoms with Crippen molar-refractivity contribution in [2.75, 3.05) is 0 Å². The summed E-state index contributed by atoms with van der Waals surface area (Å²) in [7, 11) is 0.575. The molecule has 20 heavy (non-hydrogen) atoms. The summed E-state index contributed by atoms with van der Waals surface area (Å²) in [6.07, 6.45) is 3.67. The van der Waals surface area contributed by atoms with Crippen LogP contribution in [0.25, 0.3) is 11.0 Å². The van der Waals surface area contributed by atoms with Gasteiger partial charge in [-0.1, -0.05) is 0 Å². The first-order valence-electron chi connectivity index (χ1n) is 6.29. The molecule has 5 nitrogen and oxygen atoms in total. The van der Waals surface area contributed by atoms with Crippen LogP contribution in [-0.2, 0) is 23.8 Å². The van der Waals surface area contributed by atoms with Gasteiger partial charge in [0.2, 0.25) is 4.90 Å². The summed E-state index contributed by atoms with van der Waals surface area (Å²) in [4.78, 5) is 39.7. The standard InChI is InChI=1S/C13H13O5PS/c14-13-11-4-2-1-3-9(11)10-6-5-8(7-12(10)18-13)20-19(15,16)17/h5-7H,1-4H2,(H2-,14,15,16,17)/p+1. The minimum absolute atomic E-state index is 0.313. The highest BCUT2D eigenvalue weighted by Gasteiger charge is 2.23. The summed E-state index contributed by atoms with van der Waals surface area (Å²) in [6, 6.07) is 5.06. The van der Waals surface area contributed by atoms with Crippen molar-refractivity contribution in [3.8, 4) is 0 Å². The van der Waals surface area contributed by atoms with E-state index in [2.05, 4.69) is 0 Å². The number of hydrogen-bond acceptors (Lipinski definition) is 2. The van der Waals surface area contributed by atoms with Crippen LogP contribution in [-0.4, -0.2) is 14.7 Å². The van der Waals surface area contributed by atoms with Crippen LogP contribution >= 0.6 is 6.72 Å². The zero-order valence-electron chi connectivity index (χ0n) is 10.6. The van der Waals surface area contributed by atoms with Gasteiger partial charge in [-0.15, -0.1) is 0 Å². The summed E-state index contributed by atoms with van der Waals surface area (Å²) in [5.41, 5.74) is 1.91. The minimum Gasteiger partial charge on any atom is -0.422 e. The van der Waals surface area contributed by atoms with Crippen LogP contribution in [0.15, 0.2) is 32.3 Å². The molecule has 1 aliphatic carbocycles. The first-order valence-corrected chi connectivity index (χ1v) is 9.36. The van der Waals surface area contributed by atoms with Crippen molar-refractivity contribution in [3.63, 3.8) is 0 Å². The molecule has 0 aliphatic heterocycles. The summed E-state index contributed by atoms with van der Waals surface area (Å²) >= 11 is 0. The van der Waals surface area contributed by atoms with Gasteiger partial charge in [-0.25, -0.2) is 4.79 Å². The first-order chi connectivity index (χ1) is 9.44. The molecule has 2 aromatic rings. The zero-order valence-corrected chi connectivity index (χ0v) is 12.3. The molecule has 1 aromatic carbocycles. The van der Waals surface area contributed by atoms with Crippen LogP contribution in [0.2, 0.25) is 0 Å². The lowest BCUT2D eigenvalue weighted by Crippen LogP contribution is -2.15. The smallest absolute Gasteiger partial charge is 0.422 e. The average Bonchev–Trinajstić information content (AvgIpc) is 2.37. The lowest BCUT2D eigenvalue weighted by Gasteiger charge is -2.15. The van der Waals surface area contributed by atoms with E-state index < -0.39 is 6.72 Å². The van der Waals surface area contributed by atoms with E-state index in [0.717, 1.165) is 42.2 Å². The molecule has 1 aromatic heterocycles. The molecule has 0 amide bonds. The summed E-state index contributed by atoms with van der Waals surface area (Å²) in [5.74, 6) is 0. The van der Waals surface area contributed by atoms with Crippen molar-refractivity contribution in [1.29, 1.82) is 0 Å². The molecule has 0 bridgehead atoms.